The molecule has 0 radical (unpaired) electrons. The van der Waals surface area contributed by atoms with E-state index in [1.165, 1.54) is 0 Å². The monoisotopic (exact) mass is 354 g/mol. The molecule has 4 rings (SSSR count). The molecule has 132 valence electrons. The molecule has 0 aliphatic rings. The van der Waals surface area contributed by atoms with Gasteiger partial charge in [0, 0.05) is 45.8 Å². The molecule has 0 aliphatic heterocycles. The van der Waals surface area contributed by atoms with Crippen molar-refractivity contribution in [3.05, 3.63) is 72.2 Å². The third-order valence-electron chi connectivity index (χ3n) is 4.59. The highest BCUT2D eigenvalue weighted by atomic mass is 16.5. The van der Waals surface area contributed by atoms with Crippen LogP contribution < -0.4 is 10.1 Å². The molecule has 5 heteroatoms. The largest absolute Gasteiger partial charge is 0.496 e. The van der Waals surface area contributed by atoms with Gasteiger partial charge < -0.3 is 15.0 Å². The van der Waals surface area contributed by atoms with Gasteiger partial charge in [0.25, 0.3) is 0 Å². The van der Waals surface area contributed by atoms with E-state index < -0.39 is 0 Å². The number of hydrogen-bond donors (Lipinski definition) is 2. The van der Waals surface area contributed by atoms with Crippen LogP contribution in [0.1, 0.15) is 11.3 Å². The van der Waals surface area contributed by atoms with Crippen molar-refractivity contribution in [3.63, 3.8) is 0 Å². The minimum absolute atomic E-state index is 0.482. The summed E-state index contributed by atoms with van der Waals surface area (Å²) >= 11 is 0. The number of hydrogen-bond acceptors (Lipinski definition) is 4. The molecule has 0 fully saturated rings. The van der Waals surface area contributed by atoms with Crippen LogP contribution in [0.2, 0.25) is 0 Å². The first-order chi connectivity index (χ1) is 13.2. The number of aromatic amines is 1. The second-order valence-corrected chi connectivity index (χ2v) is 6.22. The molecule has 0 unspecified atom stereocenters. The fraction of sp³-hybridized carbons (Fsp3) is 0.0909. The van der Waals surface area contributed by atoms with Gasteiger partial charge in [0.2, 0.25) is 0 Å². The summed E-state index contributed by atoms with van der Waals surface area (Å²) in [4.78, 5) is 7.61. The Hall–Kier alpha value is -3.78. The van der Waals surface area contributed by atoms with E-state index in [0.717, 1.165) is 44.8 Å². The van der Waals surface area contributed by atoms with Crippen molar-refractivity contribution in [2.24, 2.45) is 0 Å². The first kappa shape index (κ1) is 16.7. The number of methoxy groups -OCH3 is 1. The highest BCUT2D eigenvalue weighted by Gasteiger charge is 2.18. The Labute approximate surface area is 157 Å². The molecule has 0 atom stereocenters. The van der Waals surface area contributed by atoms with Crippen molar-refractivity contribution in [3.8, 4) is 22.9 Å². The van der Waals surface area contributed by atoms with Crippen LogP contribution in [0.4, 0.5) is 11.4 Å². The first-order valence-electron chi connectivity index (χ1n) is 8.58. The van der Waals surface area contributed by atoms with Gasteiger partial charge in [0.1, 0.15) is 11.8 Å². The SMILES string of the molecule is COc1ccccc1-c1c(C)ncc(C#N)c1Nc1ccc2[nH]ccc2c1. The summed E-state index contributed by atoms with van der Waals surface area (Å²) in [6.45, 7) is 1.93. The molecule has 0 spiro atoms. The highest BCUT2D eigenvalue weighted by Crippen LogP contribution is 2.39. The third-order valence-corrected chi connectivity index (χ3v) is 4.59. The smallest absolute Gasteiger partial charge is 0.126 e. The number of ether oxygens (including phenoxy) is 1. The molecule has 2 heterocycles. The minimum atomic E-state index is 0.482. The molecule has 0 aliphatic carbocycles. The molecule has 0 saturated heterocycles. The van der Waals surface area contributed by atoms with Crippen LogP contribution >= 0.6 is 0 Å². The number of rotatable bonds is 4. The van der Waals surface area contributed by atoms with Crippen LogP contribution in [-0.2, 0) is 0 Å². The van der Waals surface area contributed by atoms with Crippen LogP contribution in [0.25, 0.3) is 22.0 Å². The summed E-state index contributed by atoms with van der Waals surface area (Å²) in [6, 6.07) is 18.1. The lowest BCUT2D eigenvalue weighted by Gasteiger charge is -2.18. The lowest BCUT2D eigenvalue weighted by atomic mass is 9.98. The molecule has 2 aromatic heterocycles. The van der Waals surface area contributed by atoms with Gasteiger partial charge in [0.05, 0.1) is 18.4 Å². The summed E-state index contributed by atoms with van der Waals surface area (Å²) in [7, 11) is 1.64. The Bertz CT molecular complexity index is 1170. The summed E-state index contributed by atoms with van der Waals surface area (Å²) in [5, 5.41) is 14.2. The van der Waals surface area contributed by atoms with E-state index in [1.807, 2.05) is 55.6 Å². The van der Waals surface area contributed by atoms with Crippen LogP contribution in [0, 0.1) is 18.3 Å². The maximum absolute atomic E-state index is 9.66. The van der Waals surface area contributed by atoms with Crippen LogP contribution in [0.3, 0.4) is 0 Å². The van der Waals surface area contributed by atoms with Gasteiger partial charge in [-0.25, -0.2) is 0 Å². The number of nitriles is 1. The lowest BCUT2D eigenvalue weighted by Crippen LogP contribution is -2.02. The Morgan fingerprint density at radius 3 is 2.81 bits per heavy atom. The Kier molecular flexibility index (Phi) is 4.23. The third kappa shape index (κ3) is 2.98. The summed E-state index contributed by atoms with van der Waals surface area (Å²) in [5.41, 5.74) is 5.76. The molecule has 5 nitrogen and oxygen atoms in total. The van der Waals surface area contributed by atoms with Crippen molar-refractivity contribution < 1.29 is 4.74 Å². The van der Waals surface area contributed by atoms with Gasteiger partial charge in [-0.15, -0.1) is 0 Å². The van der Waals surface area contributed by atoms with E-state index in [2.05, 4.69) is 27.4 Å². The van der Waals surface area contributed by atoms with E-state index in [9.17, 15) is 5.26 Å². The number of nitrogens with one attached hydrogen (secondary N) is 2. The molecule has 27 heavy (non-hydrogen) atoms. The van der Waals surface area contributed by atoms with Crippen molar-refractivity contribution in [2.45, 2.75) is 6.92 Å². The van der Waals surface area contributed by atoms with E-state index >= 15 is 0 Å². The van der Waals surface area contributed by atoms with Crippen molar-refractivity contribution in [2.75, 3.05) is 12.4 Å². The zero-order chi connectivity index (χ0) is 18.8. The Morgan fingerprint density at radius 2 is 2.00 bits per heavy atom. The number of aryl methyl sites for hydroxylation is 1. The van der Waals surface area contributed by atoms with Gasteiger partial charge in [-0.3, -0.25) is 4.98 Å². The fourth-order valence-corrected chi connectivity index (χ4v) is 3.28. The van der Waals surface area contributed by atoms with Gasteiger partial charge in [0.15, 0.2) is 0 Å². The van der Waals surface area contributed by atoms with Crippen LogP contribution in [0.5, 0.6) is 5.75 Å². The maximum Gasteiger partial charge on any atom is 0.126 e. The number of para-hydroxylation sites is 1. The number of pyridine rings is 1. The molecule has 0 saturated carbocycles. The molecule has 0 bridgehead atoms. The zero-order valence-corrected chi connectivity index (χ0v) is 15.1. The molecule has 2 N–H and O–H groups in total. The standard InChI is InChI=1S/C22H18N4O/c1-14-21(18-5-3-4-6-20(18)27-2)22(16(12-23)13-25-14)26-17-7-8-19-15(11-17)9-10-24-19/h3-11,13,24H,1-2H3,(H,25,26). The number of anilines is 2. The molecular formula is C22H18N4O. The summed E-state index contributed by atoms with van der Waals surface area (Å²) in [6.07, 6.45) is 3.51. The van der Waals surface area contributed by atoms with Crippen molar-refractivity contribution in [1.29, 1.82) is 5.26 Å². The second kappa shape index (κ2) is 6.85. The van der Waals surface area contributed by atoms with Gasteiger partial charge in [-0.1, -0.05) is 18.2 Å². The second-order valence-electron chi connectivity index (χ2n) is 6.22. The average molecular weight is 354 g/mol. The average Bonchev–Trinajstić information content (AvgIpc) is 3.16. The fourth-order valence-electron chi connectivity index (χ4n) is 3.28. The number of fused-ring (bicyclic) bond motifs is 1. The Morgan fingerprint density at radius 1 is 1.15 bits per heavy atom. The number of nitrogens with zero attached hydrogens (tertiary/aromatic N) is 2. The molecular weight excluding hydrogens is 336 g/mol. The van der Waals surface area contributed by atoms with Crippen LogP contribution in [0.15, 0.2) is 60.9 Å². The van der Waals surface area contributed by atoms with Gasteiger partial charge >= 0.3 is 0 Å². The van der Waals surface area contributed by atoms with Gasteiger partial charge in [-0.2, -0.15) is 5.26 Å². The Balaban J connectivity index is 1.90. The number of benzene rings is 2. The van der Waals surface area contributed by atoms with E-state index in [0.29, 0.717) is 5.56 Å². The molecule has 2 aromatic carbocycles. The quantitative estimate of drug-likeness (QED) is 0.531. The van der Waals surface area contributed by atoms with Crippen LogP contribution in [-0.4, -0.2) is 17.1 Å². The molecule has 4 aromatic rings. The maximum atomic E-state index is 9.66. The summed E-state index contributed by atoms with van der Waals surface area (Å²) < 4.78 is 5.54. The topological polar surface area (TPSA) is 73.7 Å². The van der Waals surface area contributed by atoms with Crippen molar-refractivity contribution in [1.82, 2.24) is 9.97 Å². The molecule has 0 amide bonds. The summed E-state index contributed by atoms with van der Waals surface area (Å²) in [5.74, 6) is 0.738. The zero-order valence-electron chi connectivity index (χ0n) is 15.1. The van der Waals surface area contributed by atoms with Crippen molar-refractivity contribution >= 4 is 22.3 Å². The van der Waals surface area contributed by atoms with E-state index in [1.54, 1.807) is 13.3 Å². The number of aromatic nitrogens is 2. The minimum Gasteiger partial charge on any atom is -0.496 e. The van der Waals surface area contributed by atoms with E-state index in [4.69, 9.17) is 4.74 Å². The first-order valence-corrected chi connectivity index (χ1v) is 8.58. The highest BCUT2D eigenvalue weighted by molar-refractivity contribution is 5.90. The number of H-pyrrole nitrogens is 1. The predicted octanol–water partition coefficient (Wildman–Crippen LogP) is 5.16. The van der Waals surface area contributed by atoms with Gasteiger partial charge in [-0.05, 0) is 37.3 Å². The lowest BCUT2D eigenvalue weighted by molar-refractivity contribution is 0.416. The normalized spacial score (nSPS) is 10.6. The predicted molar refractivity (Wildman–Crippen MR) is 107 cm³/mol. The van der Waals surface area contributed by atoms with E-state index in [-0.39, 0.29) is 0 Å².